The summed E-state index contributed by atoms with van der Waals surface area (Å²) in [6, 6.07) is 0. The molecule has 2 nitrogen and oxygen atoms in total. The predicted octanol–water partition coefficient (Wildman–Crippen LogP) is 0.572. The molecule has 0 radical (unpaired) electrons. The van der Waals surface area contributed by atoms with Crippen molar-refractivity contribution in [2.45, 2.75) is 0 Å². The first-order valence-electron chi connectivity index (χ1n) is 1.77. The third-order valence-electron chi connectivity index (χ3n) is 0.545. The molecule has 1 heterocycles. The molecule has 0 aromatic carbocycles. The maximum absolute atomic E-state index is 3.97. The molecule has 0 aliphatic rings. The predicted molar refractivity (Wildman–Crippen MR) is 36.0 cm³/mol. The molecule has 0 spiro atoms. The zero-order valence-corrected chi connectivity index (χ0v) is 6.73. The zero-order chi connectivity index (χ0) is 5.28. The average Bonchev–Trinajstić information content (AvgIpc) is 1.87. The van der Waals surface area contributed by atoms with Crippen molar-refractivity contribution >= 4 is 34.1 Å². The summed E-state index contributed by atoms with van der Waals surface area (Å²) < 4.78 is 6.99. The molecule has 38 valence electrons. The number of rotatable bonds is 0. The number of aromatic nitrogens is 2. The molecule has 0 N–H and O–H groups in total. The smallest absolute Gasteiger partial charge is 0.0808 e. The Bertz CT molecular complexity index is 145. The SMILES string of the molecule is C[n+]1cc(I)sn1. The molecule has 7 heavy (non-hydrogen) atoms. The molecule has 0 bridgehead atoms. The Labute approximate surface area is 59.5 Å². The van der Waals surface area contributed by atoms with Gasteiger partial charge in [-0.3, -0.25) is 0 Å². The quantitative estimate of drug-likeness (QED) is 0.467. The first kappa shape index (κ1) is 5.43. The minimum Gasteiger partial charge on any atom is -0.0808 e. The molecule has 0 saturated carbocycles. The fraction of sp³-hybridized carbons (Fsp3) is 0.333. The zero-order valence-electron chi connectivity index (χ0n) is 3.76. The second-order valence-electron chi connectivity index (χ2n) is 1.18. The Morgan fingerprint density at radius 2 is 2.71 bits per heavy atom. The third-order valence-corrected chi connectivity index (χ3v) is 2.03. The van der Waals surface area contributed by atoms with Crippen molar-refractivity contribution < 1.29 is 4.68 Å². The van der Waals surface area contributed by atoms with Crippen molar-refractivity contribution in [2.24, 2.45) is 7.05 Å². The average molecular weight is 227 g/mol. The molecule has 0 fully saturated rings. The Morgan fingerprint density at radius 3 is 2.86 bits per heavy atom. The Morgan fingerprint density at radius 1 is 2.00 bits per heavy atom. The Hall–Kier alpha value is 0.290. The van der Waals surface area contributed by atoms with Crippen LogP contribution in [-0.4, -0.2) is 4.49 Å². The van der Waals surface area contributed by atoms with E-state index in [0.717, 1.165) is 0 Å². The maximum atomic E-state index is 3.97. The second kappa shape index (κ2) is 2.04. The van der Waals surface area contributed by atoms with Crippen molar-refractivity contribution in [3.8, 4) is 0 Å². The molecule has 1 rings (SSSR count). The fourth-order valence-electron chi connectivity index (χ4n) is 0.297. The van der Waals surface area contributed by atoms with Crippen LogP contribution in [0.2, 0.25) is 0 Å². The van der Waals surface area contributed by atoms with Crippen LogP contribution >= 0.6 is 34.1 Å². The van der Waals surface area contributed by atoms with Crippen LogP contribution in [0.25, 0.3) is 0 Å². The summed E-state index contributed by atoms with van der Waals surface area (Å²) in [6.45, 7) is 0. The van der Waals surface area contributed by atoms with E-state index >= 15 is 0 Å². The molecule has 0 aliphatic carbocycles. The minimum absolute atomic E-state index is 1.22. The summed E-state index contributed by atoms with van der Waals surface area (Å²) in [4.78, 5) is 0. The van der Waals surface area contributed by atoms with Crippen LogP contribution in [0, 0.1) is 2.88 Å². The minimum atomic E-state index is 1.22. The van der Waals surface area contributed by atoms with Crippen molar-refractivity contribution in [1.82, 2.24) is 4.49 Å². The van der Waals surface area contributed by atoms with Gasteiger partial charge in [0.15, 0.2) is 9.93 Å². The van der Waals surface area contributed by atoms with Gasteiger partial charge in [-0.1, -0.05) is 4.68 Å². The van der Waals surface area contributed by atoms with Crippen LogP contribution in [0.15, 0.2) is 6.20 Å². The van der Waals surface area contributed by atoms with Crippen LogP contribution in [0.1, 0.15) is 0 Å². The summed E-state index contributed by atoms with van der Waals surface area (Å²) >= 11 is 3.74. The summed E-state index contributed by atoms with van der Waals surface area (Å²) in [7, 11) is 1.92. The van der Waals surface area contributed by atoms with E-state index < -0.39 is 0 Å². The number of hydrogen-bond donors (Lipinski definition) is 0. The summed E-state index contributed by atoms with van der Waals surface area (Å²) in [5.41, 5.74) is 0. The number of nitrogens with zero attached hydrogens (tertiary/aromatic N) is 2. The van der Waals surface area contributed by atoms with Gasteiger partial charge >= 0.3 is 0 Å². The number of hydrogen-bond acceptors (Lipinski definition) is 2. The molecule has 1 aromatic rings. The lowest BCUT2D eigenvalue weighted by Crippen LogP contribution is -2.27. The monoisotopic (exact) mass is 227 g/mol. The van der Waals surface area contributed by atoms with E-state index in [2.05, 4.69) is 27.1 Å². The van der Waals surface area contributed by atoms with Crippen molar-refractivity contribution in [1.29, 1.82) is 0 Å². The topological polar surface area (TPSA) is 16.8 Å². The van der Waals surface area contributed by atoms with Gasteiger partial charge in [0.25, 0.3) is 0 Å². The molecule has 0 saturated heterocycles. The molecule has 4 heteroatoms. The highest BCUT2D eigenvalue weighted by molar-refractivity contribution is 14.1. The molecule has 0 atom stereocenters. The Balaban J connectivity index is 3.04. The summed E-state index contributed by atoms with van der Waals surface area (Å²) in [6.07, 6.45) is 1.98. The van der Waals surface area contributed by atoms with E-state index in [-0.39, 0.29) is 0 Å². The lowest BCUT2D eigenvalue weighted by Gasteiger charge is -1.60. The highest BCUT2D eigenvalue weighted by Gasteiger charge is 1.96. The van der Waals surface area contributed by atoms with Gasteiger partial charge in [0.1, 0.15) is 0 Å². The standard InChI is InChI=1S/C3H4IN2S/c1-6-2-3(4)7-5-6/h2H,1H3/q+1. The molecule has 0 aliphatic heterocycles. The largest absolute Gasteiger partial charge is 0.222 e. The van der Waals surface area contributed by atoms with E-state index in [1.807, 2.05) is 13.2 Å². The normalized spacial score (nSPS) is 9.43. The van der Waals surface area contributed by atoms with Gasteiger partial charge in [0.2, 0.25) is 6.20 Å². The molecule has 0 amide bonds. The van der Waals surface area contributed by atoms with Crippen molar-refractivity contribution in [2.75, 3.05) is 0 Å². The Kier molecular flexibility index (Phi) is 1.58. The van der Waals surface area contributed by atoms with E-state index in [4.69, 9.17) is 0 Å². The van der Waals surface area contributed by atoms with Gasteiger partial charge in [0.05, 0.1) is 4.49 Å². The van der Waals surface area contributed by atoms with E-state index in [1.54, 1.807) is 4.68 Å². The third kappa shape index (κ3) is 1.34. The molecular weight excluding hydrogens is 223 g/mol. The second-order valence-corrected chi connectivity index (χ2v) is 3.86. The van der Waals surface area contributed by atoms with Gasteiger partial charge < -0.3 is 0 Å². The van der Waals surface area contributed by atoms with Gasteiger partial charge in [-0.15, -0.1) is 0 Å². The van der Waals surface area contributed by atoms with Crippen molar-refractivity contribution in [3.63, 3.8) is 0 Å². The van der Waals surface area contributed by atoms with Crippen molar-refractivity contribution in [3.05, 3.63) is 9.08 Å². The van der Waals surface area contributed by atoms with E-state index in [9.17, 15) is 0 Å². The highest BCUT2D eigenvalue weighted by atomic mass is 127. The first-order chi connectivity index (χ1) is 3.29. The molecular formula is C3H4IN2S+. The first-order valence-corrected chi connectivity index (χ1v) is 3.62. The van der Waals surface area contributed by atoms with Crippen LogP contribution in [0.4, 0.5) is 0 Å². The van der Waals surface area contributed by atoms with Gasteiger partial charge in [0, 0.05) is 11.5 Å². The number of halogens is 1. The lowest BCUT2D eigenvalue weighted by molar-refractivity contribution is -0.723. The lowest BCUT2D eigenvalue weighted by atomic mass is 11.0. The maximum Gasteiger partial charge on any atom is 0.222 e. The number of aryl methyl sites for hydroxylation is 1. The summed E-state index contributed by atoms with van der Waals surface area (Å²) in [5, 5.41) is 0. The fourth-order valence-corrected chi connectivity index (χ4v) is 1.42. The van der Waals surface area contributed by atoms with Gasteiger partial charge in [-0.25, -0.2) is 0 Å². The van der Waals surface area contributed by atoms with Gasteiger partial charge in [-0.2, -0.15) is 0 Å². The summed E-state index contributed by atoms with van der Waals surface area (Å²) in [5.74, 6) is 0. The van der Waals surface area contributed by atoms with Crippen LogP contribution in [-0.2, 0) is 7.05 Å². The van der Waals surface area contributed by atoms with Gasteiger partial charge in [-0.05, 0) is 22.6 Å². The van der Waals surface area contributed by atoms with Crippen LogP contribution in [0.5, 0.6) is 0 Å². The molecule has 1 aromatic heterocycles. The van der Waals surface area contributed by atoms with E-state index in [0.29, 0.717) is 0 Å². The van der Waals surface area contributed by atoms with E-state index in [1.165, 1.54) is 14.4 Å². The van der Waals surface area contributed by atoms with Crippen LogP contribution in [0.3, 0.4) is 0 Å². The molecule has 0 unspecified atom stereocenters. The highest BCUT2D eigenvalue weighted by Crippen LogP contribution is 2.02. The van der Waals surface area contributed by atoms with Crippen LogP contribution < -0.4 is 4.68 Å².